The van der Waals surface area contributed by atoms with Crippen LogP contribution in [0.3, 0.4) is 0 Å². The summed E-state index contributed by atoms with van der Waals surface area (Å²) in [5.41, 5.74) is 2.64. The smallest absolute Gasteiger partial charge is 0.225 e. The van der Waals surface area contributed by atoms with Gasteiger partial charge in [-0.15, -0.1) is 0 Å². The summed E-state index contributed by atoms with van der Waals surface area (Å²) >= 11 is 6.22. The second kappa shape index (κ2) is 6.87. The summed E-state index contributed by atoms with van der Waals surface area (Å²) in [4.78, 5) is 13.3. The van der Waals surface area contributed by atoms with Crippen molar-refractivity contribution in [2.24, 2.45) is 0 Å². The third-order valence-electron chi connectivity index (χ3n) is 3.83. The molecule has 5 heteroatoms. The van der Waals surface area contributed by atoms with Crippen molar-refractivity contribution in [2.75, 3.05) is 0 Å². The molecule has 0 bridgehead atoms. The van der Waals surface area contributed by atoms with Gasteiger partial charge in [-0.05, 0) is 30.3 Å². The highest BCUT2D eigenvalue weighted by molar-refractivity contribution is 6.31. The number of para-hydroxylation sites is 1. The average molecular weight is 348 g/mol. The molecule has 25 heavy (non-hydrogen) atoms. The first-order chi connectivity index (χ1) is 12.3. The number of nitrogens with zero attached hydrogens (tertiary/aromatic N) is 3. The van der Waals surface area contributed by atoms with Crippen molar-refractivity contribution in [1.82, 2.24) is 15.0 Å². The molecule has 2 aromatic heterocycles. The first-order valence-electron chi connectivity index (χ1n) is 7.84. The molecule has 0 atom stereocenters. The fourth-order valence-electron chi connectivity index (χ4n) is 2.55. The van der Waals surface area contributed by atoms with E-state index in [0.29, 0.717) is 23.3 Å². The topological polar surface area (TPSA) is 47.9 Å². The first kappa shape index (κ1) is 15.5. The van der Waals surface area contributed by atoms with Gasteiger partial charge in [0.2, 0.25) is 5.88 Å². The maximum atomic E-state index is 6.22. The number of aromatic nitrogens is 3. The van der Waals surface area contributed by atoms with E-state index >= 15 is 0 Å². The molecule has 0 aliphatic heterocycles. The van der Waals surface area contributed by atoms with Crippen molar-refractivity contribution in [2.45, 2.75) is 6.61 Å². The molecule has 4 aromatic rings. The Morgan fingerprint density at radius 2 is 1.60 bits per heavy atom. The van der Waals surface area contributed by atoms with Crippen molar-refractivity contribution < 1.29 is 4.74 Å². The second-order valence-electron chi connectivity index (χ2n) is 5.49. The number of hydrogen-bond acceptors (Lipinski definition) is 4. The van der Waals surface area contributed by atoms with E-state index in [2.05, 4.69) is 15.0 Å². The summed E-state index contributed by atoms with van der Waals surface area (Å²) in [6.07, 6.45) is 3.44. The SMILES string of the molecule is Clc1ccccc1COc1nc(-c2ccncc2)nc2ccccc12. The molecular formula is C20H14ClN3O. The zero-order chi connectivity index (χ0) is 17.1. The monoisotopic (exact) mass is 347 g/mol. The van der Waals surface area contributed by atoms with Crippen molar-refractivity contribution in [3.63, 3.8) is 0 Å². The maximum absolute atomic E-state index is 6.22. The van der Waals surface area contributed by atoms with Crippen LogP contribution in [0.15, 0.2) is 73.1 Å². The van der Waals surface area contributed by atoms with Crippen molar-refractivity contribution in [1.29, 1.82) is 0 Å². The van der Waals surface area contributed by atoms with Gasteiger partial charge >= 0.3 is 0 Å². The Hall–Kier alpha value is -2.98. The lowest BCUT2D eigenvalue weighted by Crippen LogP contribution is -2.01. The molecular weight excluding hydrogens is 334 g/mol. The largest absolute Gasteiger partial charge is 0.472 e. The lowest BCUT2D eigenvalue weighted by Gasteiger charge is -2.11. The number of halogens is 1. The van der Waals surface area contributed by atoms with E-state index in [1.807, 2.05) is 60.7 Å². The maximum Gasteiger partial charge on any atom is 0.225 e. The molecule has 2 heterocycles. The highest BCUT2D eigenvalue weighted by Crippen LogP contribution is 2.27. The van der Waals surface area contributed by atoms with Gasteiger partial charge in [-0.25, -0.2) is 4.98 Å². The van der Waals surface area contributed by atoms with E-state index < -0.39 is 0 Å². The van der Waals surface area contributed by atoms with Crippen LogP contribution in [0, 0.1) is 0 Å². The van der Waals surface area contributed by atoms with Crippen molar-refractivity contribution in [3.8, 4) is 17.3 Å². The minimum atomic E-state index is 0.344. The summed E-state index contributed by atoms with van der Waals surface area (Å²) < 4.78 is 6.00. The molecule has 0 saturated heterocycles. The molecule has 0 radical (unpaired) electrons. The number of ether oxygens (including phenoxy) is 1. The van der Waals surface area contributed by atoms with Gasteiger partial charge < -0.3 is 4.74 Å². The van der Waals surface area contributed by atoms with Crippen LogP contribution in [0.1, 0.15) is 5.56 Å². The van der Waals surface area contributed by atoms with Crippen LogP contribution in [-0.2, 0) is 6.61 Å². The Morgan fingerprint density at radius 1 is 0.840 bits per heavy atom. The highest BCUT2D eigenvalue weighted by atomic mass is 35.5. The number of pyridine rings is 1. The standard InChI is InChI=1S/C20H14ClN3O/c21-17-7-3-1-5-15(17)13-25-20-16-6-2-4-8-18(16)23-19(24-20)14-9-11-22-12-10-14/h1-12H,13H2. The van der Waals surface area contributed by atoms with Crippen LogP contribution < -0.4 is 4.74 Å². The third kappa shape index (κ3) is 3.30. The first-order valence-corrected chi connectivity index (χ1v) is 8.22. The molecule has 4 rings (SSSR count). The zero-order valence-corrected chi connectivity index (χ0v) is 14.0. The zero-order valence-electron chi connectivity index (χ0n) is 13.3. The Kier molecular flexibility index (Phi) is 4.27. The van der Waals surface area contributed by atoms with E-state index in [9.17, 15) is 0 Å². The molecule has 0 N–H and O–H groups in total. The number of benzene rings is 2. The predicted octanol–water partition coefficient (Wildman–Crippen LogP) is 4.92. The fourth-order valence-corrected chi connectivity index (χ4v) is 2.74. The van der Waals surface area contributed by atoms with Gasteiger partial charge in [0.25, 0.3) is 0 Å². The number of fused-ring (bicyclic) bond motifs is 1. The highest BCUT2D eigenvalue weighted by Gasteiger charge is 2.11. The van der Waals surface area contributed by atoms with Crippen molar-refractivity contribution >= 4 is 22.5 Å². The molecule has 0 unspecified atom stereocenters. The lowest BCUT2D eigenvalue weighted by molar-refractivity contribution is 0.298. The molecule has 122 valence electrons. The molecule has 0 aliphatic carbocycles. The molecule has 0 aliphatic rings. The van der Waals surface area contributed by atoms with Gasteiger partial charge in [0.05, 0.1) is 10.9 Å². The minimum Gasteiger partial charge on any atom is -0.472 e. The van der Waals surface area contributed by atoms with Crippen molar-refractivity contribution in [3.05, 3.63) is 83.6 Å². The lowest BCUT2D eigenvalue weighted by atomic mass is 10.2. The third-order valence-corrected chi connectivity index (χ3v) is 4.20. The summed E-state index contributed by atoms with van der Waals surface area (Å²) in [6.45, 7) is 0.344. The molecule has 0 spiro atoms. The molecule has 2 aromatic carbocycles. The van der Waals surface area contributed by atoms with Crippen LogP contribution in [0.25, 0.3) is 22.3 Å². The Labute approximate surface area is 150 Å². The fraction of sp³-hybridized carbons (Fsp3) is 0.0500. The summed E-state index contributed by atoms with van der Waals surface area (Å²) in [5.74, 6) is 1.15. The van der Waals surface area contributed by atoms with Gasteiger partial charge in [0.15, 0.2) is 5.82 Å². The molecule has 4 nitrogen and oxygen atoms in total. The normalized spacial score (nSPS) is 10.8. The van der Waals surface area contributed by atoms with Crippen LogP contribution in [0.2, 0.25) is 5.02 Å². The molecule has 0 fully saturated rings. The number of hydrogen-bond donors (Lipinski definition) is 0. The Balaban J connectivity index is 1.75. The van der Waals surface area contributed by atoms with Gasteiger partial charge in [0.1, 0.15) is 6.61 Å². The predicted molar refractivity (Wildman–Crippen MR) is 98.6 cm³/mol. The van der Waals surface area contributed by atoms with E-state index in [-0.39, 0.29) is 0 Å². The van der Waals surface area contributed by atoms with Crippen LogP contribution in [0.5, 0.6) is 5.88 Å². The van der Waals surface area contributed by atoms with E-state index in [4.69, 9.17) is 16.3 Å². The van der Waals surface area contributed by atoms with Gasteiger partial charge in [-0.1, -0.05) is 41.9 Å². The Morgan fingerprint density at radius 3 is 2.44 bits per heavy atom. The summed E-state index contributed by atoms with van der Waals surface area (Å²) in [7, 11) is 0. The van der Waals surface area contributed by atoms with E-state index in [0.717, 1.165) is 22.0 Å². The van der Waals surface area contributed by atoms with Gasteiger partial charge in [0, 0.05) is 28.5 Å². The molecule has 0 amide bonds. The van der Waals surface area contributed by atoms with E-state index in [1.54, 1.807) is 12.4 Å². The van der Waals surface area contributed by atoms with Crippen LogP contribution in [-0.4, -0.2) is 15.0 Å². The van der Waals surface area contributed by atoms with Gasteiger partial charge in [-0.3, -0.25) is 4.98 Å². The van der Waals surface area contributed by atoms with Crippen LogP contribution in [0.4, 0.5) is 0 Å². The van der Waals surface area contributed by atoms with Gasteiger partial charge in [-0.2, -0.15) is 4.98 Å². The average Bonchev–Trinajstić information content (AvgIpc) is 2.67. The second-order valence-corrected chi connectivity index (χ2v) is 5.89. The quantitative estimate of drug-likeness (QED) is 0.525. The summed E-state index contributed by atoms with van der Waals surface area (Å²) in [6, 6.07) is 19.2. The Bertz CT molecular complexity index is 1020. The van der Waals surface area contributed by atoms with E-state index in [1.165, 1.54) is 0 Å². The number of rotatable bonds is 4. The minimum absolute atomic E-state index is 0.344. The molecule has 0 saturated carbocycles. The summed E-state index contributed by atoms with van der Waals surface area (Å²) in [5, 5.41) is 1.54. The van der Waals surface area contributed by atoms with Crippen LogP contribution >= 0.6 is 11.6 Å².